The van der Waals surface area contributed by atoms with Gasteiger partial charge in [-0.25, -0.2) is 0 Å². The quantitative estimate of drug-likeness (QED) is 0.780. The van der Waals surface area contributed by atoms with Crippen molar-refractivity contribution >= 4 is 0 Å². The van der Waals surface area contributed by atoms with Crippen molar-refractivity contribution in [2.75, 3.05) is 6.54 Å². The third kappa shape index (κ3) is 3.44. The first-order chi connectivity index (χ1) is 9.67. The average molecular weight is 273 g/mol. The lowest BCUT2D eigenvalue weighted by Crippen LogP contribution is -2.32. The SMILES string of the molecule is CCNC(c1c(C)cccc1C)C1CCCC(CC)C1. The molecule has 1 aliphatic carbocycles. The van der Waals surface area contributed by atoms with Gasteiger partial charge >= 0.3 is 0 Å². The number of rotatable bonds is 5. The fourth-order valence-corrected chi connectivity index (χ4v) is 4.05. The molecule has 0 heterocycles. The molecule has 0 aromatic heterocycles. The molecule has 0 radical (unpaired) electrons. The molecule has 0 aliphatic heterocycles. The fraction of sp³-hybridized carbons (Fsp3) is 0.684. The summed E-state index contributed by atoms with van der Waals surface area (Å²) in [5.41, 5.74) is 4.47. The van der Waals surface area contributed by atoms with E-state index < -0.39 is 0 Å². The summed E-state index contributed by atoms with van der Waals surface area (Å²) in [6.45, 7) is 10.2. The molecule has 1 aromatic carbocycles. The predicted molar refractivity (Wildman–Crippen MR) is 88.1 cm³/mol. The van der Waals surface area contributed by atoms with E-state index >= 15 is 0 Å². The number of aryl methyl sites for hydroxylation is 2. The molecule has 1 saturated carbocycles. The van der Waals surface area contributed by atoms with E-state index in [1.807, 2.05) is 0 Å². The largest absolute Gasteiger partial charge is 0.310 e. The monoisotopic (exact) mass is 273 g/mol. The standard InChI is InChI=1S/C19H31N/c1-5-16-11-8-12-17(13-16)19(20-6-2)18-14(3)9-7-10-15(18)4/h7,9-10,16-17,19-20H,5-6,8,11-13H2,1-4H3. The summed E-state index contributed by atoms with van der Waals surface area (Å²) in [5.74, 6) is 1.76. The minimum Gasteiger partial charge on any atom is -0.310 e. The Balaban J connectivity index is 2.26. The van der Waals surface area contributed by atoms with Crippen LogP contribution in [-0.4, -0.2) is 6.54 Å². The summed E-state index contributed by atoms with van der Waals surface area (Å²) in [6, 6.07) is 7.28. The van der Waals surface area contributed by atoms with E-state index in [-0.39, 0.29) is 0 Å². The summed E-state index contributed by atoms with van der Waals surface area (Å²) in [4.78, 5) is 0. The molecule has 0 amide bonds. The van der Waals surface area contributed by atoms with Crippen LogP contribution in [0.15, 0.2) is 18.2 Å². The first-order valence-electron chi connectivity index (χ1n) is 8.46. The first kappa shape index (κ1) is 15.6. The van der Waals surface area contributed by atoms with E-state index in [1.54, 1.807) is 5.56 Å². The van der Waals surface area contributed by atoms with Gasteiger partial charge in [0, 0.05) is 6.04 Å². The van der Waals surface area contributed by atoms with Gasteiger partial charge in [-0.05, 0) is 61.8 Å². The lowest BCUT2D eigenvalue weighted by atomic mass is 9.74. The maximum atomic E-state index is 3.79. The zero-order chi connectivity index (χ0) is 14.5. The molecule has 0 saturated heterocycles. The van der Waals surface area contributed by atoms with Gasteiger partial charge in [0.2, 0.25) is 0 Å². The third-order valence-electron chi connectivity index (χ3n) is 5.15. The molecule has 1 aliphatic rings. The maximum Gasteiger partial charge on any atom is 0.0353 e. The lowest BCUT2D eigenvalue weighted by Gasteiger charge is -2.36. The van der Waals surface area contributed by atoms with Crippen molar-refractivity contribution in [3.63, 3.8) is 0 Å². The van der Waals surface area contributed by atoms with Crippen LogP contribution in [0.1, 0.15) is 68.7 Å². The number of benzene rings is 1. The highest BCUT2D eigenvalue weighted by molar-refractivity contribution is 5.36. The Morgan fingerprint density at radius 2 is 1.85 bits per heavy atom. The Morgan fingerprint density at radius 3 is 2.45 bits per heavy atom. The normalized spacial score (nSPS) is 24.6. The molecule has 2 rings (SSSR count). The minimum atomic E-state index is 0.551. The molecule has 3 atom stereocenters. The molecular weight excluding hydrogens is 242 g/mol. The Morgan fingerprint density at radius 1 is 1.15 bits per heavy atom. The van der Waals surface area contributed by atoms with Crippen LogP contribution in [0.4, 0.5) is 0 Å². The number of hydrogen-bond acceptors (Lipinski definition) is 1. The fourth-order valence-electron chi connectivity index (χ4n) is 4.05. The van der Waals surface area contributed by atoms with Gasteiger partial charge in [-0.3, -0.25) is 0 Å². The molecule has 1 heteroatoms. The smallest absolute Gasteiger partial charge is 0.0353 e. The highest BCUT2D eigenvalue weighted by atomic mass is 14.9. The van der Waals surface area contributed by atoms with Crippen molar-refractivity contribution in [2.45, 2.75) is 65.8 Å². The van der Waals surface area contributed by atoms with E-state index in [1.165, 1.54) is 43.2 Å². The molecule has 1 fully saturated rings. The van der Waals surface area contributed by atoms with Crippen LogP contribution < -0.4 is 5.32 Å². The highest BCUT2D eigenvalue weighted by Crippen LogP contribution is 2.40. The molecular formula is C19H31N. The van der Waals surface area contributed by atoms with E-state index in [0.29, 0.717) is 6.04 Å². The lowest BCUT2D eigenvalue weighted by molar-refractivity contribution is 0.210. The Hall–Kier alpha value is -0.820. The van der Waals surface area contributed by atoms with Gasteiger partial charge in [0.05, 0.1) is 0 Å². The summed E-state index contributed by atoms with van der Waals surface area (Å²) >= 11 is 0. The molecule has 0 bridgehead atoms. The highest BCUT2D eigenvalue weighted by Gasteiger charge is 2.29. The van der Waals surface area contributed by atoms with E-state index in [0.717, 1.165) is 18.4 Å². The summed E-state index contributed by atoms with van der Waals surface area (Å²) < 4.78 is 0. The third-order valence-corrected chi connectivity index (χ3v) is 5.15. The molecule has 20 heavy (non-hydrogen) atoms. The second kappa shape index (κ2) is 7.26. The van der Waals surface area contributed by atoms with Crippen LogP contribution in [0, 0.1) is 25.7 Å². The topological polar surface area (TPSA) is 12.0 Å². The van der Waals surface area contributed by atoms with Crippen molar-refractivity contribution in [1.29, 1.82) is 0 Å². The van der Waals surface area contributed by atoms with Gasteiger partial charge in [-0.2, -0.15) is 0 Å². The van der Waals surface area contributed by atoms with Crippen LogP contribution in [0.5, 0.6) is 0 Å². The van der Waals surface area contributed by atoms with Crippen molar-refractivity contribution in [3.05, 3.63) is 34.9 Å². The molecule has 3 unspecified atom stereocenters. The van der Waals surface area contributed by atoms with Crippen molar-refractivity contribution in [2.24, 2.45) is 11.8 Å². The Kier molecular flexibility index (Phi) is 5.65. The summed E-state index contributed by atoms with van der Waals surface area (Å²) in [7, 11) is 0. The maximum absolute atomic E-state index is 3.79. The van der Waals surface area contributed by atoms with Gasteiger partial charge in [-0.1, -0.05) is 51.3 Å². The van der Waals surface area contributed by atoms with E-state index in [4.69, 9.17) is 0 Å². The van der Waals surface area contributed by atoms with Crippen LogP contribution in [-0.2, 0) is 0 Å². The second-order valence-electron chi connectivity index (χ2n) is 6.54. The zero-order valence-electron chi connectivity index (χ0n) is 13.7. The Labute approximate surface area is 125 Å². The summed E-state index contributed by atoms with van der Waals surface area (Å²) in [5, 5.41) is 3.79. The average Bonchev–Trinajstić information content (AvgIpc) is 2.46. The molecule has 1 aromatic rings. The van der Waals surface area contributed by atoms with E-state index in [2.05, 4.69) is 51.2 Å². The minimum absolute atomic E-state index is 0.551. The van der Waals surface area contributed by atoms with Crippen LogP contribution in [0.3, 0.4) is 0 Å². The van der Waals surface area contributed by atoms with E-state index in [9.17, 15) is 0 Å². The van der Waals surface area contributed by atoms with Crippen LogP contribution in [0.25, 0.3) is 0 Å². The van der Waals surface area contributed by atoms with Gasteiger partial charge in [0.25, 0.3) is 0 Å². The van der Waals surface area contributed by atoms with Crippen LogP contribution in [0.2, 0.25) is 0 Å². The van der Waals surface area contributed by atoms with Crippen LogP contribution >= 0.6 is 0 Å². The molecule has 0 spiro atoms. The van der Waals surface area contributed by atoms with Gasteiger partial charge in [0.1, 0.15) is 0 Å². The first-order valence-corrected chi connectivity index (χ1v) is 8.46. The second-order valence-corrected chi connectivity index (χ2v) is 6.54. The zero-order valence-corrected chi connectivity index (χ0v) is 13.7. The molecule has 112 valence electrons. The van der Waals surface area contributed by atoms with Crippen molar-refractivity contribution in [1.82, 2.24) is 5.32 Å². The van der Waals surface area contributed by atoms with Crippen molar-refractivity contribution < 1.29 is 0 Å². The number of hydrogen-bond donors (Lipinski definition) is 1. The van der Waals surface area contributed by atoms with Crippen molar-refractivity contribution in [3.8, 4) is 0 Å². The van der Waals surface area contributed by atoms with Gasteiger partial charge in [0.15, 0.2) is 0 Å². The molecule has 1 N–H and O–H groups in total. The Bertz CT molecular complexity index is 404. The summed E-state index contributed by atoms with van der Waals surface area (Å²) in [6.07, 6.45) is 7.00. The molecule has 1 nitrogen and oxygen atoms in total. The van der Waals surface area contributed by atoms with Gasteiger partial charge < -0.3 is 5.32 Å². The van der Waals surface area contributed by atoms with Gasteiger partial charge in [-0.15, -0.1) is 0 Å². The predicted octanol–water partition coefficient (Wildman–Crippen LogP) is 5.17. The number of nitrogens with one attached hydrogen (secondary N) is 1.